The Morgan fingerprint density at radius 2 is 1.96 bits per heavy atom. The number of benzene rings is 2. The number of nitrogens with one attached hydrogen (secondary N) is 1. The van der Waals surface area contributed by atoms with Crippen molar-refractivity contribution in [1.82, 2.24) is 15.1 Å². The van der Waals surface area contributed by atoms with Crippen molar-refractivity contribution >= 4 is 10.9 Å². The zero-order valence-electron chi connectivity index (χ0n) is 16.1. The normalized spacial score (nSPS) is 11.3. The Morgan fingerprint density at radius 3 is 2.74 bits per heavy atom. The molecule has 0 fully saturated rings. The second kappa shape index (κ2) is 8.97. The van der Waals surface area contributed by atoms with E-state index in [9.17, 15) is 4.39 Å². The number of aromatic nitrogens is 2. The summed E-state index contributed by atoms with van der Waals surface area (Å²) in [5, 5.41) is 8.51. The fraction of sp³-hybridized carbons (Fsp3) is 0.381. The summed E-state index contributed by atoms with van der Waals surface area (Å²) >= 11 is 0. The van der Waals surface area contributed by atoms with E-state index in [-0.39, 0.29) is 5.82 Å². The SMILES string of the molecule is CNCCCOCCOc1ccc(-c2nn(C)c3cc(C)ccc23)c(F)c1. The fourth-order valence-corrected chi connectivity index (χ4v) is 3.02. The van der Waals surface area contributed by atoms with Crippen LogP contribution < -0.4 is 10.1 Å². The first-order chi connectivity index (χ1) is 13.1. The second-order valence-electron chi connectivity index (χ2n) is 6.55. The summed E-state index contributed by atoms with van der Waals surface area (Å²) < 4.78 is 27.5. The third-order valence-corrected chi connectivity index (χ3v) is 4.41. The van der Waals surface area contributed by atoms with Gasteiger partial charge in [-0.15, -0.1) is 0 Å². The van der Waals surface area contributed by atoms with Gasteiger partial charge in [0.15, 0.2) is 0 Å². The first-order valence-electron chi connectivity index (χ1n) is 9.18. The lowest BCUT2D eigenvalue weighted by atomic mass is 10.1. The van der Waals surface area contributed by atoms with Crippen LogP contribution in [0.1, 0.15) is 12.0 Å². The lowest BCUT2D eigenvalue weighted by molar-refractivity contribution is 0.0985. The third kappa shape index (κ3) is 4.64. The highest BCUT2D eigenvalue weighted by atomic mass is 19.1. The van der Waals surface area contributed by atoms with E-state index in [0.717, 1.165) is 29.4 Å². The van der Waals surface area contributed by atoms with Gasteiger partial charge in [0.1, 0.15) is 23.9 Å². The molecule has 3 rings (SSSR count). The van der Waals surface area contributed by atoms with Crippen molar-refractivity contribution < 1.29 is 13.9 Å². The van der Waals surface area contributed by atoms with E-state index in [4.69, 9.17) is 9.47 Å². The van der Waals surface area contributed by atoms with Gasteiger partial charge in [-0.1, -0.05) is 12.1 Å². The van der Waals surface area contributed by atoms with Crippen LogP contribution in [0.4, 0.5) is 4.39 Å². The molecule has 0 spiro atoms. The van der Waals surface area contributed by atoms with Crippen LogP contribution >= 0.6 is 0 Å². The monoisotopic (exact) mass is 371 g/mol. The van der Waals surface area contributed by atoms with Crippen molar-refractivity contribution in [3.63, 3.8) is 0 Å². The van der Waals surface area contributed by atoms with E-state index in [1.807, 2.05) is 33.2 Å². The lowest BCUT2D eigenvalue weighted by Crippen LogP contribution is -2.13. The quantitative estimate of drug-likeness (QED) is 0.583. The van der Waals surface area contributed by atoms with Crippen molar-refractivity contribution in [3.05, 3.63) is 47.8 Å². The molecular weight excluding hydrogens is 345 g/mol. The minimum atomic E-state index is -0.344. The summed E-state index contributed by atoms with van der Waals surface area (Å²) in [6, 6.07) is 11.0. The largest absolute Gasteiger partial charge is 0.491 e. The van der Waals surface area contributed by atoms with E-state index in [1.54, 1.807) is 16.8 Å². The van der Waals surface area contributed by atoms with Crippen LogP contribution in [0.2, 0.25) is 0 Å². The molecule has 3 aromatic rings. The summed E-state index contributed by atoms with van der Waals surface area (Å²) in [5.74, 6) is 0.147. The highest BCUT2D eigenvalue weighted by molar-refractivity contribution is 5.93. The van der Waals surface area contributed by atoms with Crippen LogP contribution in [0, 0.1) is 12.7 Å². The highest BCUT2D eigenvalue weighted by Crippen LogP contribution is 2.31. The van der Waals surface area contributed by atoms with Crippen LogP contribution in [0.3, 0.4) is 0 Å². The van der Waals surface area contributed by atoms with E-state index in [2.05, 4.69) is 16.5 Å². The van der Waals surface area contributed by atoms with Gasteiger partial charge in [-0.3, -0.25) is 4.68 Å². The number of nitrogens with zero attached hydrogens (tertiary/aromatic N) is 2. The average Bonchev–Trinajstić information content (AvgIpc) is 2.97. The molecule has 0 unspecified atom stereocenters. The summed E-state index contributed by atoms with van der Waals surface area (Å²) in [4.78, 5) is 0. The van der Waals surface area contributed by atoms with Gasteiger partial charge in [-0.25, -0.2) is 4.39 Å². The average molecular weight is 371 g/mol. The maximum atomic E-state index is 14.7. The zero-order valence-corrected chi connectivity index (χ0v) is 16.1. The van der Waals surface area contributed by atoms with Gasteiger partial charge < -0.3 is 14.8 Å². The number of ether oxygens (including phenoxy) is 2. The van der Waals surface area contributed by atoms with Crippen LogP contribution in [0.25, 0.3) is 22.2 Å². The van der Waals surface area contributed by atoms with Crippen molar-refractivity contribution in [2.24, 2.45) is 7.05 Å². The van der Waals surface area contributed by atoms with Crippen LogP contribution in [-0.4, -0.2) is 43.2 Å². The molecule has 0 saturated heterocycles. The highest BCUT2D eigenvalue weighted by Gasteiger charge is 2.15. The Morgan fingerprint density at radius 1 is 1.11 bits per heavy atom. The Hall–Kier alpha value is -2.44. The molecule has 1 aromatic heterocycles. The Kier molecular flexibility index (Phi) is 6.42. The maximum Gasteiger partial charge on any atom is 0.136 e. The minimum Gasteiger partial charge on any atom is -0.491 e. The molecule has 1 heterocycles. The first-order valence-corrected chi connectivity index (χ1v) is 9.18. The standard InChI is InChI=1S/C21H26FN3O2/c1-15-5-7-18-20(13-15)25(3)24-21(18)17-8-6-16(14-19(17)22)27-12-11-26-10-4-9-23-2/h5-8,13-14,23H,4,9-12H2,1-3H3. The van der Waals surface area contributed by atoms with E-state index in [1.165, 1.54) is 6.07 Å². The summed E-state index contributed by atoms with van der Waals surface area (Å²) in [6.07, 6.45) is 0.956. The second-order valence-corrected chi connectivity index (χ2v) is 6.55. The number of aryl methyl sites for hydroxylation is 2. The smallest absolute Gasteiger partial charge is 0.136 e. The molecule has 144 valence electrons. The molecule has 5 nitrogen and oxygen atoms in total. The van der Waals surface area contributed by atoms with Crippen molar-refractivity contribution in [1.29, 1.82) is 0 Å². The zero-order chi connectivity index (χ0) is 19.2. The van der Waals surface area contributed by atoms with Crippen molar-refractivity contribution in [2.45, 2.75) is 13.3 Å². The van der Waals surface area contributed by atoms with Crippen LogP contribution in [0.5, 0.6) is 5.75 Å². The summed E-state index contributed by atoms with van der Waals surface area (Å²) in [5.41, 5.74) is 3.25. The van der Waals surface area contributed by atoms with Crippen LogP contribution in [-0.2, 0) is 11.8 Å². The Labute approximate surface area is 159 Å². The first kappa shape index (κ1) is 19.3. The molecule has 0 saturated carbocycles. The summed E-state index contributed by atoms with van der Waals surface area (Å²) in [6.45, 7) is 4.52. The summed E-state index contributed by atoms with van der Waals surface area (Å²) in [7, 11) is 3.79. The Balaban J connectivity index is 1.67. The minimum absolute atomic E-state index is 0.344. The van der Waals surface area contributed by atoms with Gasteiger partial charge in [0.05, 0.1) is 12.1 Å². The predicted molar refractivity (Wildman–Crippen MR) is 106 cm³/mol. The Bertz CT molecular complexity index is 908. The molecule has 0 aliphatic heterocycles. The molecule has 1 N–H and O–H groups in total. The van der Waals surface area contributed by atoms with Crippen molar-refractivity contribution in [2.75, 3.05) is 33.4 Å². The molecule has 6 heteroatoms. The molecule has 27 heavy (non-hydrogen) atoms. The molecular formula is C21H26FN3O2. The van der Waals surface area contributed by atoms with Crippen molar-refractivity contribution in [3.8, 4) is 17.0 Å². The van der Waals surface area contributed by atoms with E-state index < -0.39 is 0 Å². The molecule has 0 aliphatic carbocycles. The number of halogens is 1. The number of rotatable bonds is 9. The van der Waals surface area contributed by atoms with Crippen LogP contribution in [0.15, 0.2) is 36.4 Å². The molecule has 2 aromatic carbocycles. The van der Waals surface area contributed by atoms with Gasteiger partial charge in [0.25, 0.3) is 0 Å². The number of fused-ring (bicyclic) bond motifs is 1. The molecule has 0 atom stereocenters. The van der Waals surface area contributed by atoms with Gasteiger partial charge in [-0.2, -0.15) is 5.10 Å². The molecule has 0 radical (unpaired) electrons. The molecule has 0 amide bonds. The van der Waals surface area contributed by atoms with Gasteiger partial charge in [0, 0.05) is 30.7 Å². The van der Waals surface area contributed by atoms with Gasteiger partial charge in [-0.05, 0) is 50.7 Å². The molecule has 0 bridgehead atoms. The van der Waals surface area contributed by atoms with E-state index in [0.29, 0.717) is 36.8 Å². The molecule has 0 aliphatic rings. The fourth-order valence-electron chi connectivity index (χ4n) is 3.02. The van der Waals surface area contributed by atoms with Gasteiger partial charge in [0.2, 0.25) is 0 Å². The van der Waals surface area contributed by atoms with E-state index >= 15 is 0 Å². The maximum absolute atomic E-state index is 14.7. The lowest BCUT2D eigenvalue weighted by Gasteiger charge is -2.09. The number of hydrogen-bond acceptors (Lipinski definition) is 4. The number of hydrogen-bond donors (Lipinski definition) is 1. The topological polar surface area (TPSA) is 48.3 Å². The third-order valence-electron chi connectivity index (χ3n) is 4.41. The van der Waals surface area contributed by atoms with Gasteiger partial charge >= 0.3 is 0 Å². The predicted octanol–water partition coefficient (Wildman–Crippen LogP) is 3.69.